The molecule has 2 aromatic rings. The number of carbonyl (C=O) groups is 1. The summed E-state index contributed by atoms with van der Waals surface area (Å²) in [6.45, 7) is 2.17. The van der Waals surface area contributed by atoms with E-state index in [-0.39, 0.29) is 16.8 Å². The molecule has 2 atom stereocenters. The van der Waals surface area contributed by atoms with E-state index in [9.17, 15) is 13.2 Å². The van der Waals surface area contributed by atoms with Gasteiger partial charge in [-0.05, 0) is 55.2 Å². The summed E-state index contributed by atoms with van der Waals surface area (Å²) in [5.41, 5.74) is 0.960. The molecule has 138 valence electrons. The zero-order chi connectivity index (χ0) is 18.6. The van der Waals surface area contributed by atoms with E-state index in [1.807, 2.05) is 0 Å². The van der Waals surface area contributed by atoms with Gasteiger partial charge in [0.15, 0.2) is 0 Å². The van der Waals surface area contributed by atoms with Crippen LogP contribution in [0.4, 0.5) is 5.69 Å². The fourth-order valence-corrected chi connectivity index (χ4v) is 4.37. The van der Waals surface area contributed by atoms with Crippen LogP contribution in [0.5, 0.6) is 0 Å². The third-order valence-corrected chi connectivity index (χ3v) is 6.28. The third-order valence-electron chi connectivity index (χ3n) is 4.88. The Balaban J connectivity index is 1.65. The van der Waals surface area contributed by atoms with Gasteiger partial charge in [-0.3, -0.25) is 9.52 Å². The van der Waals surface area contributed by atoms with E-state index in [2.05, 4.69) is 17.0 Å². The maximum absolute atomic E-state index is 12.4. The van der Waals surface area contributed by atoms with Crippen LogP contribution in [0.3, 0.4) is 0 Å². The molecular formula is C20H24N2O3S. The zero-order valence-corrected chi connectivity index (χ0v) is 15.6. The fourth-order valence-electron chi connectivity index (χ4n) is 3.29. The molecular weight excluding hydrogens is 348 g/mol. The molecule has 0 aliphatic heterocycles. The van der Waals surface area contributed by atoms with Crippen LogP contribution in [0.15, 0.2) is 59.5 Å². The predicted octanol–water partition coefficient (Wildman–Crippen LogP) is 3.80. The summed E-state index contributed by atoms with van der Waals surface area (Å²) in [5.74, 6) is 0.380. The monoisotopic (exact) mass is 372 g/mol. The van der Waals surface area contributed by atoms with Crippen molar-refractivity contribution in [3.8, 4) is 0 Å². The highest BCUT2D eigenvalue weighted by Gasteiger charge is 2.23. The minimum absolute atomic E-state index is 0.110. The molecule has 2 N–H and O–H groups in total. The molecule has 0 radical (unpaired) electrons. The first kappa shape index (κ1) is 18.5. The predicted molar refractivity (Wildman–Crippen MR) is 103 cm³/mol. The molecule has 0 unspecified atom stereocenters. The average Bonchev–Trinajstić information content (AvgIpc) is 2.64. The van der Waals surface area contributed by atoms with Crippen LogP contribution in [-0.4, -0.2) is 20.4 Å². The molecule has 0 spiro atoms. The Morgan fingerprint density at radius 3 is 2.27 bits per heavy atom. The van der Waals surface area contributed by atoms with Crippen LogP contribution in [0.1, 0.15) is 43.0 Å². The van der Waals surface area contributed by atoms with Crippen molar-refractivity contribution in [1.29, 1.82) is 0 Å². The van der Waals surface area contributed by atoms with Crippen LogP contribution < -0.4 is 10.0 Å². The molecule has 5 nitrogen and oxygen atoms in total. The number of rotatable bonds is 5. The lowest BCUT2D eigenvalue weighted by atomic mass is 9.86. The largest absolute Gasteiger partial charge is 0.349 e. The van der Waals surface area contributed by atoms with Gasteiger partial charge in [0, 0.05) is 17.3 Å². The molecule has 0 saturated heterocycles. The minimum atomic E-state index is -3.63. The number of carbonyl (C=O) groups excluding carboxylic acids is 1. The minimum Gasteiger partial charge on any atom is -0.349 e. The molecule has 1 amide bonds. The summed E-state index contributed by atoms with van der Waals surface area (Å²) >= 11 is 0. The van der Waals surface area contributed by atoms with Gasteiger partial charge in [-0.15, -0.1) is 0 Å². The van der Waals surface area contributed by atoms with Crippen molar-refractivity contribution in [1.82, 2.24) is 5.32 Å². The highest BCUT2D eigenvalue weighted by atomic mass is 32.2. The van der Waals surface area contributed by atoms with Gasteiger partial charge in [0.2, 0.25) is 0 Å². The second-order valence-corrected chi connectivity index (χ2v) is 8.52. The number of anilines is 1. The van der Waals surface area contributed by atoms with Gasteiger partial charge in [0.1, 0.15) is 0 Å². The van der Waals surface area contributed by atoms with Crippen molar-refractivity contribution in [3.63, 3.8) is 0 Å². The standard InChI is InChI=1S/C20H24N2O3S/c1-15-7-5-6-10-19(15)21-20(23)16-11-13-17(14-12-16)22-26(24,25)18-8-3-2-4-9-18/h2-4,8-9,11-15,19,22H,5-7,10H2,1H3,(H,21,23)/t15-,19-/m1/s1. The third kappa shape index (κ3) is 4.43. The van der Waals surface area contributed by atoms with Gasteiger partial charge >= 0.3 is 0 Å². The first-order valence-corrected chi connectivity index (χ1v) is 10.4. The van der Waals surface area contributed by atoms with Crippen LogP contribution in [-0.2, 0) is 10.0 Å². The summed E-state index contributed by atoms with van der Waals surface area (Å²) in [6, 6.07) is 14.9. The molecule has 1 aliphatic rings. The van der Waals surface area contributed by atoms with E-state index in [0.717, 1.165) is 19.3 Å². The van der Waals surface area contributed by atoms with E-state index >= 15 is 0 Å². The Kier molecular flexibility index (Phi) is 5.61. The van der Waals surface area contributed by atoms with Gasteiger partial charge < -0.3 is 5.32 Å². The van der Waals surface area contributed by atoms with Crippen LogP contribution >= 0.6 is 0 Å². The number of amides is 1. The topological polar surface area (TPSA) is 75.3 Å². The summed E-state index contributed by atoms with van der Waals surface area (Å²) < 4.78 is 27.2. The van der Waals surface area contributed by atoms with Gasteiger partial charge in [0.25, 0.3) is 15.9 Å². The Bertz CT molecular complexity index is 848. The van der Waals surface area contributed by atoms with Crippen molar-refractivity contribution in [2.24, 2.45) is 5.92 Å². The number of benzene rings is 2. The van der Waals surface area contributed by atoms with E-state index < -0.39 is 10.0 Å². The molecule has 1 fully saturated rings. The molecule has 0 aromatic heterocycles. The fraction of sp³-hybridized carbons (Fsp3) is 0.350. The summed E-state index contributed by atoms with van der Waals surface area (Å²) in [6.07, 6.45) is 4.53. The number of sulfonamides is 1. The SMILES string of the molecule is C[C@@H]1CCCC[C@H]1NC(=O)c1ccc(NS(=O)(=O)c2ccccc2)cc1. The highest BCUT2D eigenvalue weighted by Crippen LogP contribution is 2.24. The van der Waals surface area contributed by atoms with Crippen molar-refractivity contribution in [2.45, 2.75) is 43.5 Å². The Morgan fingerprint density at radius 2 is 1.62 bits per heavy atom. The molecule has 26 heavy (non-hydrogen) atoms. The first-order valence-electron chi connectivity index (χ1n) is 8.94. The van der Waals surface area contributed by atoms with Crippen molar-refractivity contribution in [2.75, 3.05) is 4.72 Å². The Labute approximate surface area is 154 Å². The zero-order valence-electron chi connectivity index (χ0n) is 14.8. The van der Waals surface area contributed by atoms with Crippen LogP contribution in [0.2, 0.25) is 0 Å². The molecule has 6 heteroatoms. The van der Waals surface area contributed by atoms with Gasteiger partial charge in [-0.25, -0.2) is 8.42 Å². The number of hydrogen-bond donors (Lipinski definition) is 2. The lowest BCUT2D eigenvalue weighted by Crippen LogP contribution is -2.41. The maximum atomic E-state index is 12.4. The number of hydrogen-bond acceptors (Lipinski definition) is 3. The second kappa shape index (κ2) is 7.91. The molecule has 3 rings (SSSR count). The molecule has 0 bridgehead atoms. The normalized spacial score (nSPS) is 20.3. The quantitative estimate of drug-likeness (QED) is 0.838. The van der Waals surface area contributed by atoms with Crippen LogP contribution in [0.25, 0.3) is 0 Å². The molecule has 2 aromatic carbocycles. The Hall–Kier alpha value is -2.34. The van der Waals surface area contributed by atoms with E-state index in [4.69, 9.17) is 0 Å². The van der Waals surface area contributed by atoms with E-state index in [0.29, 0.717) is 17.2 Å². The van der Waals surface area contributed by atoms with Crippen molar-refractivity contribution >= 4 is 21.6 Å². The smallest absolute Gasteiger partial charge is 0.261 e. The van der Waals surface area contributed by atoms with Gasteiger partial charge in [-0.2, -0.15) is 0 Å². The van der Waals surface area contributed by atoms with Crippen molar-refractivity contribution in [3.05, 3.63) is 60.2 Å². The van der Waals surface area contributed by atoms with Gasteiger partial charge in [-0.1, -0.05) is 38.0 Å². The van der Waals surface area contributed by atoms with Crippen molar-refractivity contribution < 1.29 is 13.2 Å². The molecule has 1 aliphatic carbocycles. The molecule has 1 saturated carbocycles. The maximum Gasteiger partial charge on any atom is 0.261 e. The number of nitrogens with one attached hydrogen (secondary N) is 2. The summed E-state index contributed by atoms with van der Waals surface area (Å²) in [4.78, 5) is 12.6. The second-order valence-electron chi connectivity index (χ2n) is 6.84. The summed E-state index contributed by atoms with van der Waals surface area (Å²) in [5, 5.41) is 3.10. The Morgan fingerprint density at radius 1 is 0.962 bits per heavy atom. The lowest BCUT2D eigenvalue weighted by Gasteiger charge is -2.29. The lowest BCUT2D eigenvalue weighted by molar-refractivity contribution is 0.0910. The first-order chi connectivity index (χ1) is 12.5. The molecule has 0 heterocycles. The van der Waals surface area contributed by atoms with Gasteiger partial charge in [0.05, 0.1) is 4.90 Å². The average molecular weight is 372 g/mol. The summed E-state index contributed by atoms with van der Waals surface area (Å²) in [7, 11) is -3.63. The van der Waals surface area contributed by atoms with E-state index in [1.54, 1.807) is 42.5 Å². The van der Waals surface area contributed by atoms with Crippen LogP contribution in [0, 0.1) is 5.92 Å². The highest BCUT2D eigenvalue weighted by molar-refractivity contribution is 7.92. The van der Waals surface area contributed by atoms with E-state index in [1.165, 1.54) is 18.6 Å².